The molecule has 0 aliphatic carbocycles. The molecule has 0 spiro atoms. The van der Waals surface area contributed by atoms with E-state index in [1.807, 2.05) is 54.9 Å². The lowest BCUT2D eigenvalue weighted by Gasteiger charge is -2.19. The summed E-state index contributed by atoms with van der Waals surface area (Å²) < 4.78 is 7.17. The Bertz CT molecular complexity index is 1020. The van der Waals surface area contributed by atoms with Crippen LogP contribution >= 0.6 is 11.6 Å². The molecule has 0 aliphatic heterocycles. The summed E-state index contributed by atoms with van der Waals surface area (Å²) in [6.45, 7) is 5.17. The first-order chi connectivity index (χ1) is 15.0. The number of nitrogens with one attached hydrogen (secondary N) is 2. The Morgan fingerprint density at radius 2 is 1.97 bits per heavy atom. The Hall–Kier alpha value is -3.06. The molecule has 0 bridgehead atoms. The van der Waals surface area contributed by atoms with Crippen LogP contribution in [0.3, 0.4) is 0 Å². The molecule has 2 N–H and O–H groups in total. The first kappa shape index (κ1) is 22.6. The zero-order valence-corrected chi connectivity index (χ0v) is 19.1. The van der Waals surface area contributed by atoms with Crippen molar-refractivity contribution in [1.29, 1.82) is 0 Å². The van der Waals surface area contributed by atoms with Crippen LogP contribution in [0.25, 0.3) is 0 Å². The van der Waals surface area contributed by atoms with Crippen LogP contribution in [0.5, 0.6) is 5.75 Å². The van der Waals surface area contributed by atoms with Crippen LogP contribution in [-0.2, 0) is 20.0 Å². The van der Waals surface area contributed by atoms with Crippen LogP contribution in [-0.4, -0.2) is 34.4 Å². The summed E-state index contributed by atoms with van der Waals surface area (Å²) in [4.78, 5) is 4.73. The predicted molar refractivity (Wildman–Crippen MR) is 125 cm³/mol. The van der Waals surface area contributed by atoms with Gasteiger partial charge in [0.1, 0.15) is 18.1 Å². The van der Waals surface area contributed by atoms with Crippen molar-refractivity contribution >= 4 is 17.6 Å². The number of ether oxygens (including phenoxy) is 1. The summed E-state index contributed by atoms with van der Waals surface area (Å²) in [5.74, 6) is 3.24. The topological polar surface area (TPSA) is 76.4 Å². The van der Waals surface area contributed by atoms with Gasteiger partial charge in [-0.2, -0.15) is 0 Å². The highest BCUT2D eigenvalue weighted by Crippen LogP contribution is 2.17. The lowest BCUT2D eigenvalue weighted by Crippen LogP contribution is -2.39. The molecule has 3 aromatic rings. The van der Waals surface area contributed by atoms with Crippen LogP contribution in [0.15, 0.2) is 53.5 Å². The van der Waals surface area contributed by atoms with E-state index in [2.05, 4.69) is 39.9 Å². The van der Waals surface area contributed by atoms with Gasteiger partial charge in [-0.25, -0.2) is 4.99 Å². The van der Waals surface area contributed by atoms with Gasteiger partial charge in [-0.05, 0) is 55.7 Å². The van der Waals surface area contributed by atoms with Crippen molar-refractivity contribution in [2.75, 3.05) is 13.7 Å². The maximum Gasteiger partial charge on any atom is 0.192 e. The van der Waals surface area contributed by atoms with Gasteiger partial charge in [0.15, 0.2) is 11.8 Å². The number of aromatic nitrogens is 3. The second-order valence-electron chi connectivity index (χ2n) is 7.33. The smallest absolute Gasteiger partial charge is 0.192 e. The Balaban J connectivity index is 1.68. The molecule has 1 heterocycles. The summed E-state index contributed by atoms with van der Waals surface area (Å²) in [5.41, 5.74) is 2.31. The molecule has 1 aromatic heterocycles. The Morgan fingerprint density at radius 3 is 2.61 bits per heavy atom. The van der Waals surface area contributed by atoms with E-state index < -0.39 is 0 Å². The number of aryl methyl sites for hydroxylation is 1. The predicted octanol–water partition coefficient (Wildman–Crippen LogP) is 3.82. The van der Waals surface area contributed by atoms with Gasteiger partial charge in [-0.15, -0.1) is 10.2 Å². The zero-order chi connectivity index (χ0) is 22.2. The Morgan fingerprint density at radius 1 is 1.19 bits per heavy atom. The minimum Gasteiger partial charge on any atom is -0.497 e. The number of hydrogen-bond donors (Lipinski definition) is 2. The molecule has 2 aromatic carbocycles. The van der Waals surface area contributed by atoms with E-state index in [0.29, 0.717) is 17.5 Å². The van der Waals surface area contributed by atoms with Crippen LogP contribution < -0.4 is 15.4 Å². The fraction of sp³-hybridized carbons (Fsp3) is 0.348. The molecule has 7 nitrogen and oxygen atoms in total. The van der Waals surface area contributed by atoms with E-state index in [0.717, 1.165) is 35.9 Å². The quantitative estimate of drug-likeness (QED) is 0.411. The van der Waals surface area contributed by atoms with Gasteiger partial charge in [0.25, 0.3) is 0 Å². The van der Waals surface area contributed by atoms with Crippen molar-refractivity contribution in [2.24, 2.45) is 12.0 Å². The standard InChI is InChI=1S/C23H29ClN6O/c1-16(19-6-5-7-20(24)14-19)27-23(26-15-22-29-28-17(2)30(22)3)25-13-12-18-8-10-21(31-4)11-9-18/h5-11,14,16H,12-13,15H2,1-4H3,(H2,25,26,27). The summed E-state index contributed by atoms with van der Waals surface area (Å²) in [6, 6.07) is 15.9. The van der Waals surface area contributed by atoms with E-state index in [1.54, 1.807) is 7.11 Å². The maximum atomic E-state index is 6.16. The number of aliphatic imine (C=N–C) groups is 1. The van der Waals surface area contributed by atoms with Crippen molar-refractivity contribution < 1.29 is 4.74 Å². The van der Waals surface area contributed by atoms with Crippen LogP contribution in [0, 0.1) is 6.92 Å². The van der Waals surface area contributed by atoms with Crippen LogP contribution in [0.4, 0.5) is 0 Å². The fourth-order valence-electron chi connectivity index (χ4n) is 3.07. The summed E-state index contributed by atoms with van der Waals surface area (Å²) in [6.07, 6.45) is 0.860. The average molecular weight is 441 g/mol. The van der Waals surface area contributed by atoms with E-state index in [4.69, 9.17) is 21.3 Å². The first-order valence-electron chi connectivity index (χ1n) is 10.2. The van der Waals surface area contributed by atoms with Gasteiger partial charge in [-0.3, -0.25) is 0 Å². The molecule has 0 radical (unpaired) electrons. The third-order valence-corrected chi connectivity index (χ3v) is 5.36. The molecule has 8 heteroatoms. The van der Waals surface area contributed by atoms with Crippen molar-refractivity contribution in [1.82, 2.24) is 25.4 Å². The van der Waals surface area contributed by atoms with Gasteiger partial charge in [-0.1, -0.05) is 35.9 Å². The number of benzene rings is 2. The molecular weight excluding hydrogens is 412 g/mol. The molecule has 3 rings (SSSR count). The van der Waals surface area contributed by atoms with E-state index in [-0.39, 0.29) is 6.04 Å². The Kier molecular flexibility index (Phi) is 7.89. The number of hydrogen-bond acceptors (Lipinski definition) is 4. The highest BCUT2D eigenvalue weighted by molar-refractivity contribution is 6.30. The summed E-state index contributed by atoms with van der Waals surface area (Å²) >= 11 is 6.16. The molecule has 0 amide bonds. The molecule has 31 heavy (non-hydrogen) atoms. The lowest BCUT2D eigenvalue weighted by atomic mass is 10.1. The number of rotatable bonds is 8. The zero-order valence-electron chi connectivity index (χ0n) is 18.4. The van der Waals surface area contributed by atoms with Gasteiger partial charge < -0.3 is 19.9 Å². The first-order valence-corrected chi connectivity index (χ1v) is 10.6. The highest BCUT2D eigenvalue weighted by atomic mass is 35.5. The number of methoxy groups -OCH3 is 1. The largest absolute Gasteiger partial charge is 0.497 e. The SMILES string of the molecule is COc1ccc(CCNC(=NCc2nnc(C)n2C)NC(C)c2cccc(Cl)c2)cc1. The number of nitrogens with zero attached hydrogens (tertiary/aromatic N) is 4. The molecule has 164 valence electrons. The van der Waals surface area contributed by atoms with Crippen molar-refractivity contribution in [2.45, 2.75) is 32.9 Å². The van der Waals surface area contributed by atoms with Crippen LogP contribution in [0.2, 0.25) is 5.02 Å². The normalized spacial score (nSPS) is 12.5. The van der Waals surface area contributed by atoms with E-state index in [1.165, 1.54) is 5.56 Å². The number of halogens is 1. The molecule has 1 atom stereocenters. The van der Waals surface area contributed by atoms with Gasteiger partial charge in [0.05, 0.1) is 13.2 Å². The second-order valence-corrected chi connectivity index (χ2v) is 7.77. The molecule has 0 aliphatic rings. The monoisotopic (exact) mass is 440 g/mol. The number of guanidine groups is 1. The second kappa shape index (κ2) is 10.8. The van der Waals surface area contributed by atoms with Gasteiger partial charge >= 0.3 is 0 Å². The van der Waals surface area contributed by atoms with Crippen LogP contribution in [0.1, 0.15) is 35.7 Å². The molecule has 0 fully saturated rings. The van der Waals surface area contributed by atoms with Gasteiger partial charge in [0, 0.05) is 18.6 Å². The maximum absolute atomic E-state index is 6.16. The minimum atomic E-state index is 0.0344. The molecule has 1 unspecified atom stereocenters. The van der Waals surface area contributed by atoms with Crippen molar-refractivity contribution in [3.63, 3.8) is 0 Å². The lowest BCUT2D eigenvalue weighted by molar-refractivity contribution is 0.414. The average Bonchev–Trinajstić information content (AvgIpc) is 3.10. The highest BCUT2D eigenvalue weighted by Gasteiger charge is 2.10. The van der Waals surface area contributed by atoms with Crippen molar-refractivity contribution in [3.05, 3.63) is 76.3 Å². The molecular formula is C23H29ClN6O. The third kappa shape index (κ3) is 6.46. The summed E-state index contributed by atoms with van der Waals surface area (Å²) in [7, 11) is 3.61. The minimum absolute atomic E-state index is 0.0344. The van der Waals surface area contributed by atoms with E-state index in [9.17, 15) is 0 Å². The summed E-state index contributed by atoms with van der Waals surface area (Å²) in [5, 5.41) is 15.9. The fourth-order valence-corrected chi connectivity index (χ4v) is 3.27. The third-order valence-electron chi connectivity index (χ3n) is 5.13. The Labute approximate surface area is 188 Å². The molecule has 0 saturated carbocycles. The van der Waals surface area contributed by atoms with Gasteiger partial charge in [0.2, 0.25) is 0 Å². The van der Waals surface area contributed by atoms with E-state index >= 15 is 0 Å². The van der Waals surface area contributed by atoms with Crippen molar-refractivity contribution in [3.8, 4) is 5.75 Å². The molecule has 0 saturated heterocycles.